The maximum atomic E-state index is 5.96. The van der Waals surface area contributed by atoms with Gasteiger partial charge in [-0.15, -0.1) is 0 Å². The molecule has 1 saturated carbocycles. The van der Waals surface area contributed by atoms with Crippen LogP contribution in [0.5, 0.6) is 11.5 Å². The molecule has 3 aromatic rings. The molecule has 1 aromatic heterocycles. The Kier molecular flexibility index (Phi) is 6.73. The van der Waals surface area contributed by atoms with Gasteiger partial charge in [-0.3, -0.25) is 4.68 Å². The molecule has 158 valence electrons. The summed E-state index contributed by atoms with van der Waals surface area (Å²) in [4.78, 5) is 0. The second-order valence-corrected chi connectivity index (χ2v) is 8.41. The number of para-hydroxylation sites is 1. The first-order valence-electron chi connectivity index (χ1n) is 11.4. The van der Waals surface area contributed by atoms with Gasteiger partial charge in [0.2, 0.25) is 0 Å². The fraction of sp³-hybridized carbons (Fsp3) is 0.423. The van der Waals surface area contributed by atoms with Crippen LogP contribution in [0, 0.1) is 0 Å². The Hall–Kier alpha value is -2.75. The first kappa shape index (κ1) is 20.5. The monoisotopic (exact) mass is 403 g/mol. The molecule has 4 nitrogen and oxygen atoms in total. The zero-order chi connectivity index (χ0) is 20.8. The number of aromatic nitrogens is 2. The highest BCUT2D eigenvalue weighted by Crippen LogP contribution is 2.37. The minimum absolute atomic E-state index is 0.271. The highest BCUT2D eigenvalue weighted by atomic mass is 16.5. The quantitative estimate of drug-likeness (QED) is 0.432. The Morgan fingerprint density at radius 3 is 2.40 bits per heavy atom. The first-order valence-corrected chi connectivity index (χ1v) is 11.4. The number of nitrogens with one attached hydrogen (secondary N) is 1. The third-order valence-electron chi connectivity index (χ3n) is 6.02. The van der Waals surface area contributed by atoms with Gasteiger partial charge in [-0.25, -0.2) is 0 Å². The molecule has 4 rings (SSSR count). The summed E-state index contributed by atoms with van der Waals surface area (Å²) in [6, 6.07) is 18.7. The predicted octanol–water partition coefficient (Wildman–Crippen LogP) is 7.21. The first-order chi connectivity index (χ1) is 14.7. The van der Waals surface area contributed by atoms with Crippen molar-refractivity contribution in [3.8, 4) is 11.5 Å². The van der Waals surface area contributed by atoms with Gasteiger partial charge in [-0.2, -0.15) is 5.10 Å². The standard InChI is InChI=1S/C26H33N3O/c1-3-10-24(20-15-17-23(18-16-20)30-22-13-8-5-9-14-22)27-25-19-29(2)28-26(25)21-11-6-4-7-12-21/h5,8-9,13-19,21,24,27H,3-4,6-7,10-12H2,1-2H3. The molecule has 1 atom stereocenters. The molecule has 4 heteroatoms. The van der Waals surface area contributed by atoms with E-state index in [-0.39, 0.29) is 6.04 Å². The van der Waals surface area contributed by atoms with Crippen molar-refractivity contribution in [3.05, 3.63) is 72.1 Å². The molecule has 1 fully saturated rings. The Balaban J connectivity index is 1.50. The van der Waals surface area contributed by atoms with Crippen LogP contribution in [0.25, 0.3) is 0 Å². The molecule has 1 aliphatic carbocycles. The van der Waals surface area contributed by atoms with E-state index in [0.29, 0.717) is 5.92 Å². The summed E-state index contributed by atoms with van der Waals surface area (Å²) < 4.78 is 7.92. The Labute approximate surface area is 180 Å². The smallest absolute Gasteiger partial charge is 0.127 e. The lowest BCUT2D eigenvalue weighted by molar-refractivity contribution is 0.434. The second-order valence-electron chi connectivity index (χ2n) is 8.41. The third kappa shape index (κ3) is 5.05. The predicted molar refractivity (Wildman–Crippen MR) is 123 cm³/mol. The van der Waals surface area contributed by atoms with Crippen LogP contribution < -0.4 is 10.1 Å². The average molecular weight is 404 g/mol. The Morgan fingerprint density at radius 2 is 1.70 bits per heavy atom. The zero-order valence-corrected chi connectivity index (χ0v) is 18.2. The van der Waals surface area contributed by atoms with Crippen molar-refractivity contribution in [1.29, 1.82) is 0 Å². The van der Waals surface area contributed by atoms with Gasteiger partial charge >= 0.3 is 0 Å². The maximum Gasteiger partial charge on any atom is 0.127 e. The number of rotatable bonds is 8. The van der Waals surface area contributed by atoms with E-state index in [2.05, 4.69) is 42.7 Å². The summed E-state index contributed by atoms with van der Waals surface area (Å²) >= 11 is 0. The highest BCUT2D eigenvalue weighted by molar-refractivity contribution is 5.50. The van der Waals surface area contributed by atoms with Crippen LogP contribution in [0.1, 0.15) is 75.1 Å². The number of hydrogen-bond acceptors (Lipinski definition) is 3. The van der Waals surface area contributed by atoms with Gasteiger partial charge in [0.05, 0.1) is 17.4 Å². The molecule has 0 saturated heterocycles. The minimum Gasteiger partial charge on any atom is -0.457 e. The number of hydrogen-bond donors (Lipinski definition) is 1. The summed E-state index contributed by atoms with van der Waals surface area (Å²) in [7, 11) is 2.03. The lowest BCUT2D eigenvalue weighted by Gasteiger charge is -2.24. The van der Waals surface area contributed by atoms with Crippen molar-refractivity contribution >= 4 is 5.69 Å². The fourth-order valence-corrected chi connectivity index (χ4v) is 4.49. The molecule has 1 heterocycles. The zero-order valence-electron chi connectivity index (χ0n) is 18.2. The lowest BCUT2D eigenvalue weighted by Crippen LogP contribution is -2.13. The van der Waals surface area contributed by atoms with Crippen molar-refractivity contribution in [3.63, 3.8) is 0 Å². The molecule has 0 radical (unpaired) electrons. The molecule has 1 N–H and O–H groups in total. The lowest BCUT2D eigenvalue weighted by atomic mass is 9.86. The van der Waals surface area contributed by atoms with Gasteiger partial charge < -0.3 is 10.1 Å². The van der Waals surface area contributed by atoms with Crippen LogP contribution in [0.15, 0.2) is 60.8 Å². The fourth-order valence-electron chi connectivity index (χ4n) is 4.49. The van der Waals surface area contributed by atoms with E-state index in [1.807, 2.05) is 42.1 Å². The van der Waals surface area contributed by atoms with Gasteiger partial charge in [0.1, 0.15) is 11.5 Å². The molecular formula is C26H33N3O. The average Bonchev–Trinajstić information content (AvgIpc) is 3.15. The van der Waals surface area contributed by atoms with E-state index in [0.717, 1.165) is 24.3 Å². The molecule has 1 aliphatic rings. The Bertz CT molecular complexity index is 911. The SMILES string of the molecule is CCCC(Nc1cn(C)nc1C1CCCCC1)c1ccc(Oc2ccccc2)cc1. The summed E-state index contributed by atoms with van der Waals surface area (Å²) in [6.45, 7) is 2.24. The van der Waals surface area contributed by atoms with Gasteiger partial charge in [0, 0.05) is 19.2 Å². The number of aryl methyl sites for hydroxylation is 1. The van der Waals surface area contributed by atoms with Crippen LogP contribution in [0.2, 0.25) is 0 Å². The van der Waals surface area contributed by atoms with Crippen LogP contribution in [0.3, 0.4) is 0 Å². The van der Waals surface area contributed by atoms with Gasteiger partial charge in [0.25, 0.3) is 0 Å². The normalized spacial score (nSPS) is 15.7. The molecule has 1 unspecified atom stereocenters. The number of benzene rings is 2. The number of nitrogens with zero attached hydrogens (tertiary/aromatic N) is 2. The maximum absolute atomic E-state index is 5.96. The van der Waals surface area contributed by atoms with E-state index >= 15 is 0 Å². The van der Waals surface area contributed by atoms with Crippen molar-refractivity contribution < 1.29 is 4.74 Å². The van der Waals surface area contributed by atoms with Crippen molar-refractivity contribution in [2.45, 2.75) is 63.8 Å². The third-order valence-corrected chi connectivity index (χ3v) is 6.02. The van der Waals surface area contributed by atoms with Crippen LogP contribution >= 0.6 is 0 Å². The summed E-state index contributed by atoms with van der Waals surface area (Å²) in [6.07, 6.45) is 10.9. The van der Waals surface area contributed by atoms with E-state index in [9.17, 15) is 0 Å². The summed E-state index contributed by atoms with van der Waals surface area (Å²) in [5, 5.41) is 8.66. The van der Waals surface area contributed by atoms with Crippen LogP contribution in [-0.4, -0.2) is 9.78 Å². The van der Waals surface area contributed by atoms with E-state index in [4.69, 9.17) is 9.84 Å². The molecule has 0 bridgehead atoms. The topological polar surface area (TPSA) is 39.1 Å². The van der Waals surface area contributed by atoms with Crippen LogP contribution in [-0.2, 0) is 7.05 Å². The van der Waals surface area contributed by atoms with Gasteiger partial charge in [-0.1, -0.05) is 62.9 Å². The number of ether oxygens (including phenoxy) is 1. The van der Waals surface area contributed by atoms with Gasteiger partial charge in [0.15, 0.2) is 0 Å². The van der Waals surface area contributed by atoms with Crippen molar-refractivity contribution in [1.82, 2.24) is 9.78 Å². The molecule has 0 amide bonds. The van der Waals surface area contributed by atoms with E-state index < -0.39 is 0 Å². The minimum atomic E-state index is 0.271. The van der Waals surface area contributed by atoms with Crippen LogP contribution in [0.4, 0.5) is 5.69 Å². The van der Waals surface area contributed by atoms with E-state index in [1.165, 1.54) is 49.0 Å². The second kappa shape index (κ2) is 9.84. The molecule has 2 aromatic carbocycles. The highest BCUT2D eigenvalue weighted by Gasteiger charge is 2.23. The molecule has 30 heavy (non-hydrogen) atoms. The Morgan fingerprint density at radius 1 is 1.00 bits per heavy atom. The molecular weight excluding hydrogens is 370 g/mol. The van der Waals surface area contributed by atoms with Crippen molar-refractivity contribution in [2.24, 2.45) is 7.05 Å². The van der Waals surface area contributed by atoms with Gasteiger partial charge in [-0.05, 0) is 49.1 Å². The van der Waals surface area contributed by atoms with Crippen molar-refractivity contribution in [2.75, 3.05) is 5.32 Å². The largest absolute Gasteiger partial charge is 0.457 e. The van der Waals surface area contributed by atoms with E-state index in [1.54, 1.807) is 0 Å². The summed E-state index contributed by atoms with van der Waals surface area (Å²) in [5.74, 6) is 2.32. The molecule has 0 spiro atoms. The summed E-state index contributed by atoms with van der Waals surface area (Å²) in [5.41, 5.74) is 3.74. The molecule has 0 aliphatic heterocycles. The number of anilines is 1.